The van der Waals surface area contributed by atoms with E-state index in [1.54, 1.807) is 6.92 Å². The fraction of sp³-hybridized carbons (Fsp3) is 0.900. The monoisotopic (exact) mass is 191 g/mol. The molecule has 0 saturated carbocycles. The van der Waals surface area contributed by atoms with E-state index < -0.39 is 0 Å². The van der Waals surface area contributed by atoms with E-state index in [9.17, 15) is 4.79 Å². The van der Waals surface area contributed by atoms with Gasteiger partial charge in [-0.3, -0.25) is 9.69 Å². The Morgan fingerprint density at radius 3 is 2.31 bits per heavy atom. The minimum atomic E-state index is 0. The Morgan fingerprint density at radius 2 is 1.92 bits per heavy atom. The molecule has 13 heavy (non-hydrogen) atoms. The van der Waals surface area contributed by atoms with Gasteiger partial charge in [-0.2, -0.15) is 0 Å². The van der Waals surface area contributed by atoms with Gasteiger partial charge in [-0.1, -0.05) is 21.8 Å². The quantitative estimate of drug-likeness (QED) is 0.476. The van der Waals surface area contributed by atoms with Crippen molar-refractivity contribution in [1.29, 1.82) is 0 Å². The molecule has 0 amide bonds. The number of Topliss-reactive ketones (excluding diaryl/α,β-unsaturated/α-hetero) is 1. The summed E-state index contributed by atoms with van der Waals surface area (Å²) in [7, 11) is 1.87. The topological polar surface area (TPSA) is 29.5 Å². The lowest BCUT2D eigenvalue weighted by Gasteiger charge is -2.13. The van der Waals surface area contributed by atoms with Gasteiger partial charge in [-0.05, 0) is 20.4 Å². The van der Waals surface area contributed by atoms with Crippen molar-refractivity contribution in [3.8, 4) is 0 Å². The fourth-order valence-electron chi connectivity index (χ4n) is 0.790. The zero-order valence-electron chi connectivity index (χ0n) is 7.59. The van der Waals surface area contributed by atoms with Gasteiger partial charge in [0.2, 0.25) is 0 Å². The minimum absolute atomic E-state index is 0. The molecule has 0 atom stereocenters. The molecule has 0 N–H and O–H groups in total. The average molecular weight is 191 g/mol. The Hall–Kier alpha value is -0.410. The van der Waals surface area contributed by atoms with E-state index in [0.717, 1.165) is 13.0 Å². The molecule has 0 saturated heterocycles. The second kappa shape index (κ2) is 11.6. The zero-order valence-corrected chi connectivity index (χ0v) is 7.59. The van der Waals surface area contributed by atoms with Gasteiger partial charge in [0.25, 0.3) is 0 Å². The Balaban J connectivity index is -0.000000500. The summed E-state index contributed by atoms with van der Waals surface area (Å²) in [5.41, 5.74) is 0. The second-order valence-electron chi connectivity index (χ2n) is 2.75. The molecule has 0 unspecified atom stereocenters. The molecule has 0 bridgehead atoms. The van der Waals surface area contributed by atoms with E-state index in [0.29, 0.717) is 13.3 Å². The Labute approximate surface area is 83.1 Å². The summed E-state index contributed by atoms with van der Waals surface area (Å²) < 4.78 is 5.22. The summed E-state index contributed by atoms with van der Waals surface area (Å²) in [4.78, 5) is 12.4. The number of ketones is 1. The number of rotatable bonds is 6. The van der Waals surface area contributed by atoms with Crippen LogP contribution < -0.4 is 0 Å². The van der Waals surface area contributed by atoms with Gasteiger partial charge in [0, 0.05) is 6.61 Å². The van der Waals surface area contributed by atoms with Crippen molar-refractivity contribution in [2.75, 3.05) is 26.9 Å². The van der Waals surface area contributed by atoms with Crippen molar-refractivity contribution in [3.05, 3.63) is 0 Å². The number of ether oxygens (including phenoxy) is 1. The molecule has 0 spiro atoms. The Morgan fingerprint density at radius 1 is 1.38 bits per heavy atom. The van der Waals surface area contributed by atoms with Crippen LogP contribution in [0.5, 0.6) is 0 Å². The van der Waals surface area contributed by atoms with Crippen LogP contribution in [-0.4, -0.2) is 37.6 Å². The number of hydrogen-bond acceptors (Lipinski definition) is 3. The highest BCUT2D eigenvalue weighted by atomic mass is 16.5. The molecule has 0 aliphatic heterocycles. The van der Waals surface area contributed by atoms with E-state index in [-0.39, 0.29) is 20.6 Å². The Kier molecular flexibility index (Phi) is 16.4. The molecule has 3 nitrogen and oxygen atoms in total. The molecule has 0 aliphatic rings. The van der Waals surface area contributed by atoms with Crippen molar-refractivity contribution >= 4 is 5.78 Å². The first-order valence-electron chi connectivity index (χ1n) is 3.92. The first-order valence-corrected chi connectivity index (χ1v) is 3.92. The normalized spacial score (nSPS) is 8.92. The number of likely N-dealkylation sites (N-methyl/N-ethyl adjacent to an activating group) is 1. The summed E-state index contributed by atoms with van der Waals surface area (Å²) >= 11 is 0. The van der Waals surface area contributed by atoms with E-state index in [2.05, 4.69) is 6.92 Å². The van der Waals surface area contributed by atoms with Gasteiger partial charge in [0.1, 0.15) is 5.78 Å². The third-order valence-electron chi connectivity index (χ3n) is 1.15. The van der Waals surface area contributed by atoms with Crippen molar-refractivity contribution in [3.63, 3.8) is 0 Å². The molecule has 82 valence electrons. The van der Waals surface area contributed by atoms with Crippen LogP contribution in [0.2, 0.25) is 0 Å². The van der Waals surface area contributed by atoms with E-state index in [1.807, 2.05) is 11.9 Å². The zero-order chi connectivity index (χ0) is 8.69. The smallest absolute Gasteiger partial charge is 0.143 e. The summed E-state index contributed by atoms with van der Waals surface area (Å²) in [5, 5.41) is 0. The molecule has 0 aromatic heterocycles. The van der Waals surface area contributed by atoms with Crippen LogP contribution in [0.4, 0.5) is 0 Å². The third-order valence-corrected chi connectivity index (χ3v) is 1.15. The van der Waals surface area contributed by atoms with Gasteiger partial charge < -0.3 is 4.74 Å². The van der Waals surface area contributed by atoms with Crippen LogP contribution in [0.3, 0.4) is 0 Å². The largest absolute Gasteiger partial charge is 0.366 e. The molecule has 0 aromatic rings. The summed E-state index contributed by atoms with van der Waals surface area (Å²) in [6.45, 7) is 5.43. The fourth-order valence-corrected chi connectivity index (χ4v) is 0.790. The van der Waals surface area contributed by atoms with Gasteiger partial charge >= 0.3 is 0 Å². The lowest BCUT2D eigenvalue weighted by Crippen LogP contribution is -2.27. The lowest BCUT2D eigenvalue weighted by molar-refractivity contribution is -0.119. The SMILES string of the molecule is C.C.CCCOCN(C)CC(C)=O. The van der Waals surface area contributed by atoms with Crippen LogP contribution >= 0.6 is 0 Å². The second-order valence-corrected chi connectivity index (χ2v) is 2.75. The number of carbonyl (C=O) groups excluding carboxylic acids is 1. The summed E-state index contributed by atoms with van der Waals surface area (Å²) in [6.07, 6.45) is 1.02. The third kappa shape index (κ3) is 14.4. The highest BCUT2D eigenvalue weighted by Crippen LogP contribution is 1.86. The molecule has 3 heteroatoms. The number of hydrogen-bond donors (Lipinski definition) is 0. The maximum absolute atomic E-state index is 10.6. The molecule has 0 heterocycles. The Bertz CT molecular complexity index is 115. The van der Waals surface area contributed by atoms with Crippen molar-refractivity contribution in [2.45, 2.75) is 35.1 Å². The maximum atomic E-state index is 10.6. The number of carbonyl (C=O) groups is 1. The minimum Gasteiger partial charge on any atom is -0.366 e. The van der Waals surface area contributed by atoms with E-state index in [4.69, 9.17) is 4.74 Å². The summed E-state index contributed by atoms with van der Waals surface area (Å²) in [5.74, 6) is 0.174. The van der Waals surface area contributed by atoms with Gasteiger partial charge in [-0.15, -0.1) is 0 Å². The standard InChI is InChI=1S/C8H17NO2.2CH4/c1-4-5-11-7-9(3)6-8(2)10;;/h4-7H2,1-3H3;2*1H4. The highest BCUT2D eigenvalue weighted by Gasteiger charge is 1.99. The number of nitrogens with zero attached hydrogens (tertiary/aromatic N) is 1. The molecule has 0 fully saturated rings. The van der Waals surface area contributed by atoms with Crippen LogP contribution in [0, 0.1) is 0 Å². The predicted octanol–water partition coefficient (Wildman–Crippen LogP) is 2.16. The van der Waals surface area contributed by atoms with Gasteiger partial charge in [-0.25, -0.2) is 0 Å². The molecule has 0 aromatic carbocycles. The average Bonchev–Trinajstić information content (AvgIpc) is 1.86. The molecular formula is C10H25NO2. The maximum Gasteiger partial charge on any atom is 0.143 e. The van der Waals surface area contributed by atoms with Crippen molar-refractivity contribution in [2.24, 2.45) is 0 Å². The van der Waals surface area contributed by atoms with Crippen LogP contribution in [0.25, 0.3) is 0 Å². The van der Waals surface area contributed by atoms with E-state index in [1.165, 1.54) is 0 Å². The molecule has 0 radical (unpaired) electrons. The van der Waals surface area contributed by atoms with Crippen LogP contribution in [-0.2, 0) is 9.53 Å². The van der Waals surface area contributed by atoms with Crippen LogP contribution in [0.15, 0.2) is 0 Å². The molecule has 0 aliphatic carbocycles. The van der Waals surface area contributed by atoms with Gasteiger partial charge in [0.05, 0.1) is 13.3 Å². The first-order chi connectivity index (χ1) is 5.16. The highest BCUT2D eigenvalue weighted by molar-refractivity contribution is 5.77. The predicted molar refractivity (Wildman–Crippen MR) is 57.9 cm³/mol. The summed E-state index contributed by atoms with van der Waals surface area (Å²) in [6, 6.07) is 0. The lowest BCUT2D eigenvalue weighted by atomic mass is 10.4. The van der Waals surface area contributed by atoms with Crippen molar-refractivity contribution < 1.29 is 9.53 Å². The van der Waals surface area contributed by atoms with E-state index >= 15 is 0 Å². The van der Waals surface area contributed by atoms with Crippen LogP contribution in [0.1, 0.15) is 35.1 Å². The molecule has 0 rings (SSSR count). The first kappa shape index (κ1) is 18.4. The van der Waals surface area contributed by atoms with Crippen molar-refractivity contribution in [1.82, 2.24) is 4.90 Å². The van der Waals surface area contributed by atoms with Gasteiger partial charge in [0.15, 0.2) is 0 Å². The molecular weight excluding hydrogens is 166 g/mol.